The maximum Gasteiger partial charge on any atom is 0.325 e. The average molecular weight is 426 g/mol. The van der Waals surface area contributed by atoms with Gasteiger partial charge in [-0.15, -0.1) is 0 Å². The highest BCUT2D eigenvalue weighted by Crippen LogP contribution is 2.33. The molecule has 2 N–H and O–H groups in total. The van der Waals surface area contributed by atoms with Gasteiger partial charge < -0.3 is 5.32 Å². The van der Waals surface area contributed by atoms with E-state index in [2.05, 4.69) is 25.6 Å². The molecule has 2 amide bonds. The van der Waals surface area contributed by atoms with Crippen molar-refractivity contribution in [1.82, 2.24) is 15.0 Å². The van der Waals surface area contributed by atoms with Crippen LogP contribution in [0.5, 0.6) is 0 Å². The van der Waals surface area contributed by atoms with Gasteiger partial charge in [0.2, 0.25) is 0 Å². The van der Waals surface area contributed by atoms with E-state index in [1.165, 1.54) is 29.3 Å². The number of hydrogen-bond donors (Lipinski definition) is 2. The first kappa shape index (κ1) is 19.5. The molecule has 9 heteroatoms. The van der Waals surface area contributed by atoms with Crippen molar-refractivity contribution in [3.05, 3.63) is 54.6 Å². The largest absolute Gasteiger partial charge is 0.325 e. The average Bonchev–Trinajstić information content (AvgIpc) is 3.41. The van der Waals surface area contributed by atoms with Crippen LogP contribution >= 0.6 is 23.1 Å². The molecule has 1 fully saturated rings. The zero-order valence-electron chi connectivity index (χ0n) is 15.5. The number of thiazole rings is 1. The molecular formula is C20H19N5O2S2. The lowest BCUT2D eigenvalue weighted by Crippen LogP contribution is -2.22. The Balaban J connectivity index is 1.40. The molecule has 3 heterocycles. The zero-order valence-corrected chi connectivity index (χ0v) is 17.1. The van der Waals surface area contributed by atoms with Crippen LogP contribution in [0.1, 0.15) is 36.0 Å². The predicted molar refractivity (Wildman–Crippen MR) is 114 cm³/mol. The molecule has 1 saturated carbocycles. The van der Waals surface area contributed by atoms with E-state index in [1.807, 2.05) is 18.2 Å². The Labute approximate surface area is 176 Å². The van der Waals surface area contributed by atoms with Crippen molar-refractivity contribution < 1.29 is 9.59 Å². The quantitative estimate of drug-likeness (QED) is 0.533. The summed E-state index contributed by atoms with van der Waals surface area (Å²) in [6.45, 7) is 0. The fourth-order valence-electron chi connectivity index (χ4n) is 3.23. The minimum Gasteiger partial charge on any atom is -0.307 e. The van der Waals surface area contributed by atoms with Gasteiger partial charge in [-0.05, 0) is 31.0 Å². The van der Waals surface area contributed by atoms with Crippen LogP contribution in [0, 0.1) is 5.92 Å². The maximum atomic E-state index is 12.8. The molecule has 7 nitrogen and oxygen atoms in total. The van der Waals surface area contributed by atoms with Crippen molar-refractivity contribution in [2.24, 2.45) is 5.92 Å². The van der Waals surface area contributed by atoms with Crippen LogP contribution < -0.4 is 10.6 Å². The lowest BCUT2D eigenvalue weighted by Gasteiger charge is -2.13. The number of aromatic nitrogens is 3. The number of ketones is 1. The first-order valence-corrected chi connectivity index (χ1v) is 10.9. The summed E-state index contributed by atoms with van der Waals surface area (Å²) in [6.07, 6.45) is 10.5. The van der Waals surface area contributed by atoms with Crippen LogP contribution in [0.2, 0.25) is 0 Å². The van der Waals surface area contributed by atoms with Crippen LogP contribution in [0.3, 0.4) is 0 Å². The van der Waals surface area contributed by atoms with Crippen molar-refractivity contribution in [2.45, 2.75) is 34.9 Å². The van der Waals surface area contributed by atoms with Gasteiger partial charge in [0.1, 0.15) is 5.03 Å². The number of Topliss-reactive ketones (excluding diaryl/α,β-unsaturated/α-hetero) is 1. The van der Waals surface area contributed by atoms with Gasteiger partial charge in [0.25, 0.3) is 0 Å². The Bertz CT molecular complexity index is 1000. The first-order valence-electron chi connectivity index (χ1n) is 9.30. The highest BCUT2D eigenvalue weighted by molar-refractivity contribution is 8.01. The van der Waals surface area contributed by atoms with Crippen molar-refractivity contribution >= 4 is 45.7 Å². The van der Waals surface area contributed by atoms with E-state index in [9.17, 15) is 9.59 Å². The molecule has 0 saturated heterocycles. The van der Waals surface area contributed by atoms with Gasteiger partial charge in [-0.3, -0.25) is 15.1 Å². The second kappa shape index (κ2) is 9.15. The van der Waals surface area contributed by atoms with E-state index >= 15 is 0 Å². The minimum atomic E-state index is -0.444. The highest BCUT2D eigenvalue weighted by Gasteiger charge is 2.26. The number of rotatable bonds is 6. The number of hydrogen-bond acceptors (Lipinski definition) is 7. The van der Waals surface area contributed by atoms with E-state index in [0.717, 1.165) is 34.9 Å². The first-order chi connectivity index (χ1) is 14.2. The molecule has 4 rings (SSSR count). The van der Waals surface area contributed by atoms with Gasteiger partial charge in [-0.2, -0.15) is 0 Å². The molecule has 3 aromatic rings. The SMILES string of the molecule is O=C(Nc1ncc(Sc2ccccn2)s1)Nc1ccncc1C(=O)C1CCCC1. The molecule has 0 aliphatic heterocycles. The van der Waals surface area contributed by atoms with Crippen molar-refractivity contribution in [3.63, 3.8) is 0 Å². The molecule has 148 valence electrons. The highest BCUT2D eigenvalue weighted by atomic mass is 32.2. The van der Waals surface area contributed by atoms with Gasteiger partial charge in [0.05, 0.1) is 21.7 Å². The monoisotopic (exact) mass is 425 g/mol. The van der Waals surface area contributed by atoms with E-state index < -0.39 is 6.03 Å². The van der Waals surface area contributed by atoms with E-state index in [4.69, 9.17) is 0 Å². The standard InChI is InChI=1S/C20H19N5O2S2/c26-18(13-5-1-2-6-13)14-11-21-10-8-15(14)24-19(27)25-20-23-12-17(29-20)28-16-7-3-4-9-22-16/h3-4,7-13H,1-2,5-6H2,(H2,21,23,24,25,27). The molecule has 0 unspecified atom stereocenters. The summed E-state index contributed by atoms with van der Waals surface area (Å²) in [5.41, 5.74) is 0.925. The molecule has 1 aliphatic carbocycles. The fourth-order valence-corrected chi connectivity index (χ4v) is 5.01. The molecule has 3 aromatic heterocycles. The maximum absolute atomic E-state index is 12.8. The predicted octanol–water partition coefficient (Wildman–Crippen LogP) is 5.10. The number of amides is 2. The Morgan fingerprint density at radius 2 is 1.90 bits per heavy atom. The second-order valence-corrected chi connectivity index (χ2v) is 8.95. The Morgan fingerprint density at radius 3 is 2.69 bits per heavy atom. The van der Waals surface area contributed by atoms with Crippen molar-refractivity contribution in [1.29, 1.82) is 0 Å². The Kier molecular flexibility index (Phi) is 6.16. The molecule has 0 atom stereocenters. The van der Waals surface area contributed by atoms with Gasteiger partial charge in [-0.1, -0.05) is 42.0 Å². The van der Waals surface area contributed by atoms with Crippen LogP contribution in [0.15, 0.2) is 58.3 Å². The van der Waals surface area contributed by atoms with Crippen LogP contribution in [-0.4, -0.2) is 26.8 Å². The summed E-state index contributed by atoms with van der Waals surface area (Å²) in [7, 11) is 0. The molecule has 1 aliphatic rings. The smallest absolute Gasteiger partial charge is 0.307 e. The minimum absolute atomic E-state index is 0.0213. The third-order valence-electron chi connectivity index (χ3n) is 4.61. The topological polar surface area (TPSA) is 96.9 Å². The summed E-state index contributed by atoms with van der Waals surface area (Å²) in [5, 5.41) is 6.81. The summed E-state index contributed by atoms with van der Waals surface area (Å²) in [4.78, 5) is 37.8. The summed E-state index contributed by atoms with van der Waals surface area (Å²) < 4.78 is 0.917. The van der Waals surface area contributed by atoms with Gasteiger partial charge in [0, 0.05) is 24.5 Å². The van der Waals surface area contributed by atoms with Gasteiger partial charge in [0.15, 0.2) is 10.9 Å². The molecular weight excluding hydrogens is 406 g/mol. The molecule has 29 heavy (non-hydrogen) atoms. The number of nitrogens with zero attached hydrogens (tertiary/aromatic N) is 3. The van der Waals surface area contributed by atoms with Gasteiger partial charge >= 0.3 is 6.03 Å². The Hall–Kier alpha value is -2.78. The number of pyridine rings is 2. The number of carbonyl (C=O) groups is 2. The third-order valence-corrected chi connectivity index (χ3v) is 6.57. The van der Waals surface area contributed by atoms with Crippen molar-refractivity contribution in [2.75, 3.05) is 10.6 Å². The summed E-state index contributed by atoms with van der Waals surface area (Å²) >= 11 is 2.84. The Morgan fingerprint density at radius 1 is 1.03 bits per heavy atom. The molecule has 0 bridgehead atoms. The van der Waals surface area contributed by atoms with Crippen LogP contribution in [-0.2, 0) is 0 Å². The lowest BCUT2D eigenvalue weighted by atomic mass is 9.96. The number of urea groups is 1. The van der Waals surface area contributed by atoms with E-state index in [0.29, 0.717) is 16.4 Å². The van der Waals surface area contributed by atoms with Crippen molar-refractivity contribution in [3.8, 4) is 0 Å². The fraction of sp³-hybridized carbons (Fsp3) is 0.250. The van der Waals surface area contributed by atoms with Gasteiger partial charge in [-0.25, -0.2) is 14.8 Å². The summed E-state index contributed by atoms with van der Waals surface area (Å²) in [5.74, 6) is 0.0714. The van der Waals surface area contributed by atoms with Crippen LogP contribution in [0.25, 0.3) is 0 Å². The molecule has 0 aromatic carbocycles. The van der Waals surface area contributed by atoms with E-state index in [-0.39, 0.29) is 11.7 Å². The van der Waals surface area contributed by atoms with E-state index in [1.54, 1.807) is 24.7 Å². The molecule has 0 radical (unpaired) electrons. The second-order valence-electron chi connectivity index (χ2n) is 6.60. The number of carbonyl (C=O) groups excluding carboxylic acids is 2. The lowest BCUT2D eigenvalue weighted by molar-refractivity contribution is 0.0923. The zero-order chi connectivity index (χ0) is 20.1. The third kappa shape index (κ3) is 4.99. The van der Waals surface area contributed by atoms with Crippen LogP contribution in [0.4, 0.5) is 15.6 Å². The number of nitrogens with one attached hydrogen (secondary N) is 2. The normalized spacial score (nSPS) is 13.9. The molecule has 0 spiro atoms. The summed E-state index contributed by atoms with van der Waals surface area (Å²) in [6, 6.07) is 6.89. The number of anilines is 2.